The number of nitrogens with zero attached hydrogens (tertiary/aromatic N) is 3. The topological polar surface area (TPSA) is 114 Å². The summed E-state index contributed by atoms with van der Waals surface area (Å²) in [6.45, 7) is 0. The third-order valence-electron chi connectivity index (χ3n) is 2.41. The quantitative estimate of drug-likeness (QED) is 0.463. The van der Waals surface area contributed by atoms with Crippen LogP contribution in [0.5, 0.6) is 5.75 Å². The Kier molecular flexibility index (Phi) is 2.23. The van der Waals surface area contributed by atoms with E-state index in [0.29, 0.717) is 22.9 Å². The fraction of sp³-hybridized carbons (Fsp3) is 0. The van der Waals surface area contributed by atoms with Gasteiger partial charge < -0.3 is 20.3 Å². The van der Waals surface area contributed by atoms with Gasteiger partial charge in [0.2, 0.25) is 5.82 Å². The highest BCUT2D eigenvalue weighted by Gasteiger charge is 2.12. The van der Waals surface area contributed by atoms with Crippen molar-refractivity contribution >= 4 is 5.69 Å². The maximum absolute atomic E-state index is 9.52. The van der Waals surface area contributed by atoms with Crippen LogP contribution in [-0.4, -0.2) is 25.2 Å². The van der Waals surface area contributed by atoms with Crippen molar-refractivity contribution in [3.05, 3.63) is 30.6 Å². The molecule has 2 aromatic heterocycles. The molecule has 90 valence electrons. The molecule has 0 radical (unpaired) electrons. The Labute approximate surface area is 101 Å². The van der Waals surface area contributed by atoms with Crippen molar-refractivity contribution in [3.8, 4) is 28.9 Å². The maximum Gasteiger partial charge on any atom is 0.258 e. The highest BCUT2D eigenvalue weighted by molar-refractivity contribution is 5.64. The van der Waals surface area contributed by atoms with Gasteiger partial charge in [-0.05, 0) is 18.2 Å². The summed E-state index contributed by atoms with van der Waals surface area (Å²) in [6, 6.07) is 4.73. The number of imidazole rings is 1. The molecule has 0 unspecified atom stereocenters. The van der Waals surface area contributed by atoms with Crippen LogP contribution < -0.4 is 5.73 Å². The molecule has 4 N–H and O–H groups in total. The van der Waals surface area contributed by atoms with Gasteiger partial charge in [0.25, 0.3) is 5.89 Å². The highest BCUT2D eigenvalue weighted by atomic mass is 16.5. The number of aromatic nitrogens is 4. The van der Waals surface area contributed by atoms with Crippen molar-refractivity contribution in [1.82, 2.24) is 20.1 Å². The molecule has 0 saturated heterocycles. The molecular weight excluding hydrogens is 234 g/mol. The van der Waals surface area contributed by atoms with Crippen LogP contribution >= 0.6 is 0 Å². The number of nitrogen functional groups attached to an aromatic ring is 1. The molecule has 0 fully saturated rings. The zero-order chi connectivity index (χ0) is 12.5. The van der Waals surface area contributed by atoms with Crippen LogP contribution in [-0.2, 0) is 0 Å². The molecule has 18 heavy (non-hydrogen) atoms. The minimum atomic E-state index is -0.0229. The first-order chi connectivity index (χ1) is 8.74. The fourth-order valence-electron chi connectivity index (χ4n) is 1.50. The number of phenolic OH excluding ortho intramolecular Hbond substituents is 1. The Morgan fingerprint density at radius 2 is 2.22 bits per heavy atom. The standard InChI is InChI=1S/C11H9N5O2/c12-7-2-1-6(5-8(7)17)11-15-10(16-18-11)9-13-3-4-14-9/h1-5,17H,12H2,(H,13,14). The Hall–Kier alpha value is -2.83. The van der Waals surface area contributed by atoms with Crippen molar-refractivity contribution in [2.24, 2.45) is 0 Å². The van der Waals surface area contributed by atoms with E-state index in [4.69, 9.17) is 10.3 Å². The summed E-state index contributed by atoms with van der Waals surface area (Å²) in [7, 11) is 0. The Bertz CT molecular complexity index is 675. The van der Waals surface area contributed by atoms with E-state index in [-0.39, 0.29) is 11.6 Å². The van der Waals surface area contributed by atoms with E-state index < -0.39 is 0 Å². The molecule has 0 aliphatic heterocycles. The van der Waals surface area contributed by atoms with Gasteiger partial charge in [-0.1, -0.05) is 5.16 Å². The first-order valence-corrected chi connectivity index (χ1v) is 5.16. The Balaban J connectivity index is 2.00. The molecule has 0 aliphatic rings. The number of H-pyrrole nitrogens is 1. The number of anilines is 1. The highest BCUT2D eigenvalue weighted by Crippen LogP contribution is 2.27. The van der Waals surface area contributed by atoms with Gasteiger partial charge >= 0.3 is 0 Å². The van der Waals surface area contributed by atoms with Crippen LogP contribution in [0.2, 0.25) is 0 Å². The van der Waals surface area contributed by atoms with Crippen molar-refractivity contribution in [2.75, 3.05) is 5.73 Å². The predicted molar refractivity (Wildman–Crippen MR) is 63.4 cm³/mol. The van der Waals surface area contributed by atoms with E-state index in [1.807, 2.05) is 0 Å². The second-order valence-corrected chi connectivity index (χ2v) is 3.63. The summed E-state index contributed by atoms with van der Waals surface area (Å²) < 4.78 is 5.10. The Morgan fingerprint density at radius 1 is 1.33 bits per heavy atom. The lowest BCUT2D eigenvalue weighted by Gasteiger charge is -1.99. The third-order valence-corrected chi connectivity index (χ3v) is 2.41. The second kappa shape index (κ2) is 3.88. The van der Waals surface area contributed by atoms with Crippen molar-refractivity contribution in [3.63, 3.8) is 0 Å². The molecule has 3 rings (SSSR count). The molecule has 7 heteroatoms. The van der Waals surface area contributed by atoms with Gasteiger partial charge in [-0.2, -0.15) is 4.98 Å². The third kappa shape index (κ3) is 1.67. The molecule has 0 amide bonds. The number of nitrogens with two attached hydrogens (primary N) is 1. The van der Waals surface area contributed by atoms with E-state index >= 15 is 0 Å². The first-order valence-electron chi connectivity index (χ1n) is 5.16. The number of phenols is 1. The molecule has 0 saturated carbocycles. The van der Waals surface area contributed by atoms with Crippen LogP contribution in [0.3, 0.4) is 0 Å². The zero-order valence-corrected chi connectivity index (χ0v) is 9.16. The van der Waals surface area contributed by atoms with E-state index in [2.05, 4.69) is 20.1 Å². The number of hydrogen-bond acceptors (Lipinski definition) is 6. The van der Waals surface area contributed by atoms with Crippen LogP contribution in [0.1, 0.15) is 0 Å². The predicted octanol–water partition coefficient (Wildman–Crippen LogP) is 1.41. The Morgan fingerprint density at radius 3 is 2.94 bits per heavy atom. The van der Waals surface area contributed by atoms with Gasteiger partial charge in [-0.3, -0.25) is 0 Å². The van der Waals surface area contributed by atoms with Gasteiger partial charge in [0.1, 0.15) is 5.75 Å². The number of hydrogen-bond donors (Lipinski definition) is 3. The lowest BCUT2D eigenvalue weighted by atomic mass is 10.2. The lowest BCUT2D eigenvalue weighted by Crippen LogP contribution is -1.86. The summed E-state index contributed by atoms with van der Waals surface area (Å²) in [6.07, 6.45) is 3.26. The minimum Gasteiger partial charge on any atom is -0.506 e. The lowest BCUT2D eigenvalue weighted by molar-refractivity contribution is 0.431. The smallest absolute Gasteiger partial charge is 0.258 e. The number of rotatable bonds is 2. The number of nitrogens with one attached hydrogen (secondary N) is 1. The average Bonchev–Trinajstić information content (AvgIpc) is 3.01. The molecule has 0 bridgehead atoms. The molecule has 2 heterocycles. The molecule has 1 aromatic carbocycles. The van der Waals surface area contributed by atoms with Gasteiger partial charge in [-0.15, -0.1) is 0 Å². The fourth-order valence-corrected chi connectivity index (χ4v) is 1.50. The van der Waals surface area contributed by atoms with Crippen LogP contribution in [0.4, 0.5) is 5.69 Å². The molecule has 7 nitrogen and oxygen atoms in total. The van der Waals surface area contributed by atoms with Crippen LogP contribution in [0.15, 0.2) is 35.1 Å². The maximum atomic E-state index is 9.52. The number of aromatic amines is 1. The van der Waals surface area contributed by atoms with Gasteiger partial charge in [0.05, 0.1) is 5.69 Å². The molecule has 0 spiro atoms. The summed E-state index contributed by atoms with van der Waals surface area (Å²) >= 11 is 0. The summed E-state index contributed by atoms with van der Waals surface area (Å²) in [4.78, 5) is 11.1. The summed E-state index contributed by atoms with van der Waals surface area (Å²) in [5, 5.41) is 13.3. The van der Waals surface area contributed by atoms with Gasteiger partial charge in [0.15, 0.2) is 5.82 Å². The van der Waals surface area contributed by atoms with Crippen LogP contribution in [0.25, 0.3) is 23.1 Å². The zero-order valence-electron chi connectivity index (χ0n) is 9.16. The summed E-state index contributed by atoms with van der Waals surface area (Å²) in [5.74, 6) is 1.14. The molecule has 3 aromatic rings. The van der Waals surface area contributed by atoms with Crippen molar-refractivity contribution in [2.45, 2.75) is 0 Å². The largest absolute Gasteiger partial charge is 0.506 e. The first kappa shape index (κ1) is 10.3. The second-order valence-electron chi connectivity index (χ2n) is 3.63. The van der Waals surface area contributed by atoms with E-state index in [1.165, 1.54) is 6.07 Å². The monoisotopic (exact) mass is 243 g/mol. The number of benzene rings is 1. The van der Waals surface area contributed by atoms with E-state index in [0.717, 1.165) is 0 Å². The van der Waals surface area contributed by atoms with E-state index in [1.54, 1.807) is 24.5 Å². The SMILES string of the molecule is Nc1ccc(-c2nc(-c3ncc[nH]3)no2)cc1O. The molecule has 0 aliphatic carbocycles. The van der Waals surface area contributed by atoms with Gasteiger partial charge in [0, 0.05) is 18.0 Å². The minimum absolute atomic E-state index is 0.0229. The molecular formula is C11H9N5O2. The average molecular weight is 243 g/mol. The van der Waals surface area contributed by atoms with E-state index in [9.17, 15) is 5.11 Å². The van der Waals surface area contributed by atoms with Crippen molar-refractivity contribution in [1.29, 1.82) is 0 Å². The number of aromatic hydroxyl groups is 1. The summed E-state index contributed by atoms with van der Waals surface area (Å²) in [5.41, 5.74) is 6.40. The normalized spacial score (nSPS) is 10.7. The van der Waals surface area contributed by atoms with Crippen LogP contribution in [0, 0.1) is 0 Å². The van der Waals surface area contributed by atoms with Crippen molar-refractivity contribution < 1.29 is 9.63 Å². The van der Waals surface area contributed by atoms with Gasteiger partial charge in [-0.25, -0.2) is 4.98 Å². The molecule has 0 atom stereocenters.